The van der Waals surface area contributed by atoms with Gasteiger partial charge in [-0.05, 0) is 30.2 Å². The third kappa shape index (κ3) is 3.46. The minimum Gasteiger partial charge on any atom is -0.493 e. The van der Waals surface area contributed by atoms with Crippen molar-refractivity contribution in [2.24, 2.45) is 0 Å². The average Bonchev–Trinajstić information content (AvgIpc) is 2.96. The normalized spacial score (nSPS) is 19.5. The molecule has 138 valence electrons. The Bertz CT molecular complexity index is 756. The van der Waals surface area contributed by atoms with Crippen molar-refractivity contribution in [2.75, 3.05) is 21.3 Å². The summed E-state index contributed by atoms with van der Waals surface area (Å²) in [5, 5.41) is -0.200. The summed E-state index contributed by atoms with van der Waals surface area (Å²) in [6.07, 6.45) is 0. The number of nitrogens with zero attached hydrogens (tertiary/aromatic N) is 1. The van der Waals surface area contributed by atoms with E-state index in [0.29, 0.717) is 23.8 Å². The molecule has 1 fully saturated rings. The SMILES string of the molecule is COc1cc([C@@H]2S[C@H](C)C(=O)N2Cc2ccccc2)cc(OC)c1OC. The Morgan fingerprint density at radius 1 is 1.00 bits per heavy atom. The van der Waals surface area contributed by atoms with E-state index in [4.69, 9.17) is 14.2 Å². The van der Waals surface area contributed by atoms with Crippen LogP contribution in [0.1, 0.15) is 23.4 Å². The Morgan fingerprint density at radius 3 is 2.15 bits per heavy atom. The molecule has 1 saturated heterocycles. The van der Waals surface area contributed by atoms with Gasteiger partial charge in [0.1, 0.15) is 5.37 Å². The molecule has 0 aliphatic carbocycles. The highest BCUT2D eigenvalue weighted by molar-refractivity contribution is 8.01. The van der Waals surface area contributed by atoms with Gasteiger partial charge in [0.05, 0.1) is 26.6 Å². The second-order valence-electron chi connectivity index (χ2n) is 6.04. The van der Waals surface area contributed by atoms with E-state index >= 15 is 0 Å². The van der Waals surface area contributed by atoms with Crippen LogP contribution in [0.3, 0.4) is 0 Å². The number of benzene rings is 2. The van der Waals surface area contributed by atoms with Crippen molar-refractivity contribution in [1.29, 1.82) is 0 Å². The highest BCUT2D eigenvalue weighted by Gasteiger charge is 2.39. The first-order valence-electron chi connectivity index (χ1n) is 8.38. The Kier molecular flexibility index (Phi) is 5.61. The number of methoxy groups -OCH3 is 3. The van der Waals surface area contributed by atoms with Crippen LogP contribution in [0.4, 0.5) is 0 Å². The number of thioether (sulfide) groups is 1. The fourth-order valence-electron chi connectivity index (χ4n) is 3.12. The smallest absolute Gasteiger partial charge is 0.236 e. The van der Waals surface area contributed by atoms with Gasteiger partial charge < -0.3 is 19.1 Å². The lowest BCUT2D eigenvalue weighted by Crippen LogP contribution is -2.29. The number of ether oxygens (including phenoxy) is 3. The van der Waals surface area contributed by atoms with Gasteiger partial charge in [0.25, 0.3) is 0 Å². The zero-order valence-corrected chi connectivity index (χ0v) is 16.2. The van der Waals surface area contributed by atoms with Crippen molar-refractivity contribution in [1.82, 2.24) is 4.90 Å². The third-order valence-corrected chi connectivity index (χ3v) is 5.81. The quantitative estimate of drug-likeness (QED) is 0.769. The van der Waals surface area contributed by atoms with Crippen molar-refractivity contribution in [3.63, 3.8) is 0 Å². The van der Waals surface area contributed by atoms with E-state index in [1.54, 1.807) is 33.1 Å². The summed E-state index contributed by atoms with van der Waals surface area (Å²) < 4.78 is 16.3. The van der Waals surface area contributed by atoms with Gasteiger partial charge in [-0.25, -0.2) is 0 Å². The molecule has 5 nitrogen and oxygen atoms in total. The third-order valence-electron chi connectivity index (χ3n) is 4.41. The van der Waals surface area contributed by atoms with E-state index in [1.807, 2.05) is 54.3 Å². The lowest BCUT2D eigenvalue weighted by molar-refractivity contribution is -0.130. The molecule has 1 aliphatic heterocycles. The van der Waals surface area contributed by atoms with Crippen LogP contribution in [0.2, 0.25) is 0 Å². The van der Waals surface area contributed by atoms with Gasteiger partial charge in [-0.2, -0.15) is 0 Å². The molecule has 1 heterocycles. The van der Waals surface area contributed by atoms with E-state index in [1.165, 1.54) is 0 Å². The van der Waals surface area contributed by atoms with E-state index in [2.05, 4.69) is 0 Å². The largest absolute Gasteiger partial charge is 0.493 e. The van der Waals surface area contributed by atoms with Gasteiger partial charge in [0.2, 0.25) is 11.7 Å². The zero-order valence-electron chi connectivity index (χ0n) is 15.4. The summed E-state index contributed by atoms with van der Waals surface area (Å²) in [5.74, 6) is 1.87. The maximum atomic E-state index is 12.7. The van der Waals surface area contributed by atoms with Crippen LogP contribution in [0.25, 0.3) is 0 Å². The van der Waals surface area contributed by atoms with Crippen LogP contribution >= 0.6 is 11.8 Å². The summed E-state index contributed by atoms with van der Waals surface area (Å²) in [7, 11) is 4.77. The Balaban J connectivity index is 1.99. The number of carbonyl (C=O) groups is 1. The molecule has 1 aliphatic rings. The summed E-state index contributed by atoms with van der Waals surface area (Å²) in [6.45, 7) is 2.52. The predicted octanol–water partition coefficient (Wildman–Crippen LogP) is 3.88. The van der Waals surface area contributed by atoms with Crippen molar-refractivity contribution >= 4 is 17.7 Å². The zero-order chi connectivity index (χ0) is 18.7. The van der Waals surface area contributed by atoms with Gasteiger partial charge in [0, 0.05) is 6.54 Å². The van der Waals surface area contributed by atoms with Crippen LogP contribution in [-0.4, -0.2) is 37.4 Å². The standard InChI is InChI=1S/C20H23NO4S/c1-13-19(22)21(12-14-8-6-5-7-9-14)20(26-13)15-10-16(23-2)18(25-4)17(11-15)24-3/h5-11,13,20H,12H2,1-4H3/t13-,20+/m1/s1. The van der Waals surface area contributed by atoms with Gasteiger partial charge in [0.15, 0.2) is 11.5 Å². The van der Waals surface area contributed by atoms with Gasteiger partial charge in [-0.15, -0.1) is 11.8 Å². The summed E-state index contributed by atoms with van der Waals surface area (Å²) in [5.41, 5.74) is 2.06. The molecule has 0 aromatic heterocycles. The number of hydrogen-bond acceptors (Lipinski definition) is 5. The van der Waals surface area contributed by atoms with E-state index in [9.17, 15) is 4.79 Å². The van der Waals surface area contributed by atoms with E-state index in [0.717, 1.165) is 11.1 Å². The molecule has 2 atom stereocenters. The molecule has 1 amide bonds. The average molecular weight is 373 g/mol. The highest BCUT2D eigenvalue weighted by atomic mass is 32.2. The second kappa shape index (κ2) is 7.91. The molecule has 0 radical (unpaired) electrons. The summed E-state index contributed by atoms with van der Waals surface area (Å²) in [4.78, 5) is 14.7. The van der Waals surface area contributed by atoms with Gasteiger partial charge in [-0.1, -0.05) is 30.3 Å². The lowest BCUT2D eigenvalue weighted by Gasteiger charge is -2.25. The molecule has 6 heteroatoms. The van der Waals surface area contributed by atoms with E-state index < -0.39 is 0 Å². The van der Waals surface area contributed by atoms with Gasteiger partial charge >= 0.3 is 0 Å². The molecule has 3 rings (SSSR count). The number of carbonyl (C=O) groups excluding carboxylic acids is 1. The Hall–Kier alpha value is -2.34. The molecule has 26 heavy (non-hydrogen) atoms. The molecular weight excluding hydrogens is 350 g/mol. The lowest BCUT2D eigenvalue weighted by atomic mass is 10.1. The number of amides is 1. The molecule has 0 N–H and O–H groups in total. The summed E-state index contributed by atoms with van der Waals surface area (Å²) in [6, 6.07) is 13.9. The second-order valence-corrected chi connectivity index (χ2v) is 7.47. The molecule has 0 unspecified atom stereocenters. The monoisotopic (exact) mass is 373 g/mol. The Morgan fingerprint density at radius 2 is 1.62 bits per heavy atom. The van der Waals surface area contributed by atoms with Crippen molar-refractivity contribution < 1.29 is 19.0 Å². The maximum Gasteiger partial charge on any atom is 0.236 e. The summed E-state index contributed by atoms with van der Waals surface area (Å²) >= 11 is 1.63. The van der Waals surface area contributed by atoms with Crippen LogP contribution in [-0.2, 0) is 11.3 Å². The van der Waals surface area contributed by atoms with Crippen LogP contribution in [0.5, 0.6) is 17.2 Å². The topological polar surface area (TPSA) is 48.0 Å². The molecule has 0 bridgehead atoms. The minimum absolute atomic E-state index is 0.0946. The predicted molar refractivity (Wildman–Crippen MR) is 103 cm³/mol. The molecular formula is C20H23NO4S. The van der Waals surface area contributed by atoms with Gasteiger partial charge in [-0.3, -0.25) is 4.79 Å². The van der Waals surface area contributed by atoms with Crippen LogP contribution < -0.4 is 14.2 Å². The van der Waals surface area contributed by atoms with E-state index in [-0.39, 0.29) is 16.5 Å². The maximum absolute atomic E-state index is 12.7. The van der Waals surface area contributed by atoms with Crippen molar-refractivity contribution in [3.05, 3.63) is 53.6 Å². The molecule has 0 saturated carbocycles. The molecule has 2 aromatic rings. The minimum atomic E-state index is -0.105. The fraction of sp³-hybridized carbons (Fsp3) is 0.350. The number of hydrogen-bond donors (Lipinski definition) is 0. The van der Waals surface area contributed by atoms with Crippen molar-refractivity contribution in [2.45, 2.75) is 24.1 Å². The number of rotatable bonds is 6. The molecule has 0 spiro atoms. The Labute approximate surface area is 158 Å². The first-order chi connectivity index (χ1) is 12.6. The first-order valence-corrected chi connectivity index (χ1v) is 9.33. The highest BCUT2D eigenvalue weighted by Crippen LogP contribution is 2.48. The van der Waals surface area contributed by atoms with Crippen LogP contribution in [0, 0.1) is 0 Å². The van der Waals surface area contributed by atoms with Crippen molar-refractivity contribution in [3.8, 4) is 17.2 Å². The fourth-order valence-corrected chi connectivity index (χ4v) is 4.37. The first kappa shape index (κ1) is 18.5. The van der Waals surface area contributed by atoms with Crippen LogP contribution in [0.15, 0.2) is 42.5 Å². The molecule has 2 aromatic carbocycles.